The Morgan fingerprint density at radius 2 is 1.80 bits per heavy atom. The molecule has 0 aliphatic rings. The van der Waals surface area contributed by atoms with Crippen molar-refractivity contribution in [1.29, 1.82) is 5.26 Å². The van der Waals surface area contributed by atoms with Crippen LogP contribution in [0.1, 0.15) is 24.0 Å². The van der Waals surface area contributed by atoms with Gasteiger partial charge in [-0.2, -0.15) is 5.26 Å². The summed E-state index contributed by atoms with van der Waals surface area (Å²) in [6, 6.07) is 15.4. The molecule has 2 rings (SSSR count). The minimum absolute atomic E-state index is 0.00672. The number of nitro benzene ring substituents is 1. The van der Waals surface area contributed by atoms with Crippen molar-refractivity contribution in [3.63, 3.8) is 0 Å². The lowest BCUT2D eigenvalue weighted by Crippen LogP contribution is -2.44. The molecule has 30 heavy (non-hydrogen) atoms. The fourth-order valence-electron chi connectivity index (χ4n) is 3.27. The third kappa shape index (κ3) is 4.05. The number of nitro groups is 1. The van der Waals surface area contributed by atoms with Crippen LogP contribution in [-0.4, -0.2) is 30.6 Å². The largest absolute Gasteiger partial charge is 0.466 e. The Morgan fingerprint density at radius 3 is 2.27 bits per heavy atom. The second-order valence-electron chi connectivity index (χ2n) is 6.30. The molecule has 2 atom stereocenters. The van der Waals surface area contributed by atoms with E-state index in [4.69, 9.17) is 9.47 Å². The second kappa shape index (κ2) is 9.47. The van der Waals surface area contributed by atoms with Crippen LogP contribution in [0.2, 0.25) is 0 Å². The lowest BCUT2D eigenvalue weighted by atomic mass is 9.65. The van der Waals surface area contributed by atoms with Crippen molar-refractivity contribution < 1.29 is 24.0 Å². The van der Waals surface area contributed by atoms with E-state index in [9.17, 15) is 25.0 Å². The predicted octanol–water partition coefficient (Wildman–Crippen LogP) is 3.43. The van der Waals surface area contributed by atoms with E-state index < -0.39 is 28.2 Å². The molecule has 8 nitrogen and oxygen atoms in total. The zero-order valence-corrected chi connectivity index (χ0v) is 16.5. The van der Waals surface area contributed by atoms with Gasteiger partial charge in [0, 0.05) is 23.6 Å². The van der Waals surface area contributed by atoms with E-state index >= 15 is 0 Å². The number of ether oxygens (including phenoxy) is 2. The Kier molecular flexibility index (Phi) is 7.04. The minimum Gasteiger partial charge on any atom is -0.466 e. The summed E-state index contributed by atoms with van der Waals surface area (Å²) >= 11 is 0. The third-order valence-electron chi connectivity index (χ3n) is 4.67. The number of non-ortho nitro benzene ring substituents is 1. The van der Waals surface area contributed by atoms with Crippen LogP contribution in [0.5, 0.6) is 0 Å². The van der Waals surface area contributed by atoms with Gasteiger partial charge < -0.3 is 9.47 Å². The Hall–Kier alpha value is -3.99. The summed E-state index contributed by atoms with van der Waals surface area (Å²) in [5.74, 6) is -2.90. The maximum Gasteiger partial charge on any atom is 0.333 e. The SMILES string of the molecule is C=C(C(=O)OC)C(c1ccc([N+](=O)[O-])cc1)C(C#N)(C(=O)OCC)c1ccccc1. The van der Waals surface area contributed by atoms with Crippen molar-refractivity contribution in [1.82, 2.24) is 0 Å². The first-order valence-corrected chi connectivity index (χ1v) is 8.98. The van der Waals surface area contributed by atoms with E-state index in [1.54, 1.807) is 37.3 Å². The standard InChI is InChI=1S/C22H20N2O6/c1-4-30-21(26)22(14-23,17-8-6-5-7-9-17)19(15(2)20(25)29-3)16-10-12-18(13-11-16)24(27)28/h5-13,19H,2,4H2,1,3H3. The topological polar surface area (TPSA) is 120 Å². The fourth-order valence-corrected chi connectivity index (χ4v) is 3.27. The molecular formula is C22H20N2O6. The molecule has 2 aromatic rings. The van der Waals surface area contributed by atoms with Gasteiger partial charge in [-0.1, -0.05) is 49.0 Å². The number of hydrogen-bond acceptors (Lipinski definition) is 7. The molecule has 0 aliphatic heterocycles. The molecule has 0 fully saturated rings. The number of hydrogen-bond donors (Lipinski definition) is 0. The normalized spacial score (nSPS) is 13.2. The summed E-state index contributed by atoms with van der Waals surface area (Å²) in [5, 5.41) is 21.3. The van der Waals surface area contributed by atoms with E-state index in [1.807, 2.05) is 6.07 Å². The smallest absolute Gasteiger partial charge is 0.333 e. The van der Waals surface area contributed by atoms with Gasteiger partial charge >= 0.3 is 11.9 Å². The molecule has 0 amide bonds. The van der Waals surface area contributed by atoms with Gasteiger partial charge in [0.2, 0.25) is 0 Å². The number of nitriles is 1. The number of nitrogens with zero attached hydrogens (tertiary/aromatic N) is 2. The first-order valence-electron chi connectivity index (χ1n) is 8.98. The fraction of sp³-hybridized carbons (Fsp3) is 0.227. The van der Waals surface area contributed by atoms with Gasteiger partial charge in [0.1, 0.15) is 0 Å². The Balaban J connectivity index is 2.83. The van der Waals surface area contributed by atoms with Gasteiger partial charge in [-0.25, -0.2) is 9.59 Å². The first kappa shape index (κ1) is 22.3. The van der Waals surface area contributed by atoms with Gasteiger partial charge in [-0.3, -0.25) is 10.1 Å². The van der Waals surface area contributed by atoms with Crippen LogP contribution < -0.4 is 0 Å². The van der Waals surface area contributed by atoms with Crippen molar-refractivity contribution in [2.24, 2.45) is 0 Å². The van der Waals surface area contributed by atoms with Gasteiger partial charge in [-0.15, -0.1) is 0 Å². The zero-order valence-electron chi connectivity index (χ0n) is 16.5. The molecule has 0 saturated carbocycles. The van der Waals surface area contributed by atoms with Crippen LogP contribution in [0.4, 0.5) is 5.69 Å². The third-order valence-corrected chi connectivity index (χ3v) is 4.67. The number of carbonyl (C=O) groups excluding carboxylic acids is 2. The van der Waals surface area contributed by atoms with Crippen LogP contribution >= 0.6 is 0 Å². The highest BCUT2D eigenvalue weighted by atomic mass is 16.6. The summed E-state index contributed by atoms with van der Waals surface area (Å²) in [6.07, 6.45) is 0. The molecule has 0 saturated heterocycles. The number of rotatable bonds is 8. The number of methoxy groups -OCH3 is 1. The molecule has 0 aliphatic carbocycles. The summed E-state index contributed by atoms with van der Waals surface area (Å²) in [4.78, 5) is 36.0. The summed E-state index contributed by atoms with van der Waals surface area (Å²) in [5.41, 5.74) is -1.73. The van der Waals surface area contributed by atoms with Gasteiger partial charge in [-0.05, 0) is 18.1 Å². The molecular weight excluding hydrogens is 388 g/mol. The number of benzene rings is 2. The maximum absolute atomic E-state index is 13.2. The van der Waals surface area contributed by atoms with Crippen LogP contribution in [0.25, 0.3) is 0 Å². The maximum atomic E-state index is 13.2. The van der Waals surface area contributed by atoms with Crippen molar-refractivity contribution in [3.8, 4) is 6.07 Å². The molecule has 8 heteroatoms. The highest BCUT2D eigenvalue weighted by molar-refractivity contribution is 5.96. The van der Waals surface area contributed by atoms with Crippen LogP contribution in [0.3, 0.4) is 0 Å². The minimum atomic E-state index is -1.97. The summed E-state index contributed by atoms with van der Waals surface area (Å²) in [6.45, 7) is 5.38. The highest BCUT2D eigenvalue weighted by Crippen LogP contribution is 2.45. The Bertz CT molecular complexity index is 995. The van der Waals surface area contributed by atoms with Crippen LogP contribution in [-0.2, 0) is 24.5 Å². The Labute approximate surface area is 173 Å². The molecule has 0 aromatic heterocycles. The lowest BCUT2D eigenvalue weighted by Gasteiger charge is -2.34. The molecule has 154 valence electrons. The molecule has 2 unspecified atom stereocenters. The van der Waals surface area contributed by atoms with Crippen molar-refractivity contribution in [3.05, 3.63) is 88.0 Å². The molecule has 0 radical (unpaired) electrons. The van der Waals surface area contributed by atoms with Gasteiger partial charge in [0.05, 0.1) is 24.7 Å². The van der Waals surface area contributed by atoms with Gasteiger partial charge in [0.15, 0.2) is 5.41 Å². The van der Waals surface area contributed by atoms with E-state index in [0.717, 1.165) is 7.11 Å². The average Bonchev–Trinajstić information content (AvgIpc) is 2.77. The predicted molar refractivity (Wildman–Crippen MR) is 107 cm³/mol. The van der Waals surface area contributed by atoms with E-state index in [-0.39, 0.29) is 17.9 Å². The van der Waals surface area contributed by atoms with Crippen LogP contribution in [0.15, 0.2) is 66.7 Å². The average molecular weight is 408 g/mol. The lowest BCUT2D eigenvalue weighted by molar-refractivity contribution is -0.384. The van der Waals surface area contributed by atoms with Gasteiger partial charge in [0.25, 0.3) is 5.69 Å². The molecule has 0 bridgehead atoms. The molecule has 2 aromatic carbocycles. The van der Waals surface area contributed by atoms with E-state index in [1.165, 1.54) is 24.3 Å². The monoisotopic (exact) mass is 408 g/mol. The zero-order chi connectivity index (χ0) is 22.3. The first-order chi connectivity index (χ1) is 14.3. The van der Waals surface area contributed by atoms with Crippen molar-refractivity contribution in [2.75, 3.05) is 13.7 Å². The van der Waals surface area contributed by atoms with Crippen molar-refractivity contribution >= 4 is 17.6 Å². The second-order valence-corrected chi connectivity index (χ2v) is 6.30. The number of carbonyl (C=O) groups is 2. The van der Waals surface area contributed by atoms with Crippen LogP contribution in [0, 0.1) is 21.4 Å². The van der Waals surface area contributed by atoms with E-state index in [0.29, 0.717) is 11.1 Å². The summed E-state index contributed by atoms with van der Waals surface area (Å²) in [7, 11) is 1.15. The molecule has 0 spiro atoms. The quantitative estimate of drug-likeness (QED) is 0.284. The summed E-state index contributed by atoms with van der Waals surface area (Å²) < 4.78 is 10.0. The highest BCUT2D eigenvalue weighted by Gasteiger charge is 2.52. The molecule has 0 N–H and O–H groups in total. The van der Waals surface area contributed by atoms with E-state index in [2.05, 4.69) is 6.58 Å². The molecule has 0 heterocycles. The van der Waals surface area contributed by atoms with Crippen molar-refractivity contribution in [2.45, 2.75) is 18.3 Å². The number of esters is 2. The Morgan fingerprint density at radius 1 is 1.20 bits per heavy atom.